The van der Waals surface area contributed by atoms with E-state index in [9.17, 15) is 18.5 Å². The van der Waals surface area contributed by atoms with Crippen LogP contribution in [0.4, 0.5) is 5.69 Å². The van der Waals surface area contributed by atoms with Crippen LogP contribution in [0.2, 0.25) is 0 Å². The monoisotopic (exact) mass is 389 g/mol. The summed E-state index contributed by atoms with van der Waals surface area (Å²) in [7, 11) is -3.72. The molecule has 8 heteroatoms. The second-order valence-corrected chi connectivity index (χ2v) is 8.62. The molecule has 1 heterocycles. The van der Waals surface area contributed by atoms with Crippen LogP contribution in [-0.4, -0.2) is 55.3 Å². The van der Waals surface area contributed by atoms with Crippen molar-refractivity contribution < 1.29 is 13.3 Å². The van der Waals surface area contributed by atoms with E-state index in [-0.39, 0.29) is 10.6 Å². The Labute approximate surface area is 159 Å². The van der Waals surface area contributed by atoms with Crippen LogP contribution in [0.15, 0.2) is 53.4 Å². The number of benzene rings is 2. The molecule has 1 saturated heterocycles. The van der Waals surface area contributed by atoms with Gasteiger partial charge in [-0.3, -0.25) is 10.1 Å². The average Bonchev–Trinajstić information content (AvgIpc) is 2.67. The molecule has 0 amide bonds. The molecule has 0 N–H and O–H groups in total. The third kappa shape index (κ3) is 4.52. The molecule has 0 atom stereocenters. The second kappa shape index (κ2) is 8.16. The van der Waals surface area contributed by atoms with Crippen LogP contribution < -0.4 is 0 Å². The Balaban J connectivity index is 1.63. The quantitative estimate of drug-likeness (QED) is 0.560. The molecule has 0 spiro atoms. The highest BCUT2D eigenvalue weighted by Gasteiger charge is 2.29. The maximum Gasteiger partial charge on any atom is 0.273 e. The molecule has 27 heavy (non-hydrogen) atoms. The summed E-state index contributed by atoms with van der Waals surface area (Å²) < 4.78 is 27.1. The van der Waals surface area contributed by atoms with Gasteiger partial charge in [0.15, 0.2) is 0 Å². The molecule has 144 valence electrons. The predicted molar refractivity (Wildman–Crippen MR) is 103 cm³/mol. The minimum atomic E-state index is -3.72. The summed E-state index contributed by atoms with van der Waals surface area (Å²) >= 11 is 0. The van der Waals surface area contributed by atoms with Gasteiger partial charge >= 0.3 is 0 Å². The predicted octanol–water partition coefficient (Wildman–Crippen LogP) is 2.45. The molecule has 0 saturated carbocycles. The Morgan fingerprint density at radius 2 is 1.70 bits per heavy atom. The summed E-state index contributed by atoms with van der Waals surface area (Å²) in [6.07, 6.45) is 0.928. The Bertz CT molecular complexity index is 908. The first-order valence-electron chi connectivity index (χ1n) is 8.89. The molecule has 3 rings (SSSR count). The number of piperazine rings is 1. The minimum Gasteiger partial charge on any atom is -0.300 e. The van der Waals surface area contributed by atoms with Crippen LogP contribution >= 0.6 is 0 Å². The van der Waals surface area contributed by atoms with E-state index in [0.717, 1.165) is 19.0 Å². The first kappa shape index (κ1) is 19.5. The molecule has 0 aliphatic carbocycles. The zero-order valence-corrected chi connectivity index (χ0v) is 16.1. The van der Waals surface area contributed by atoms with Gasteiger partial charge < -0.3 is 4.90 Å². The van der Waals surface area contributed by atoms with E-state index in [1.807, 2.05) is 18.2 Å². The molecule has 0 aromatic heterocycles. The van der Waals surface area contributed by atoms with Crippen molar-refractivity contribution in [3.05, 3.63) is 69.8 Å². The zero-order chi connectivity index (χ0) is 19.4. The summed E-state index contributed by atoms with van der Waals surface area (Å²) in [5.41, 5.74) is 1.54. The fraction of sp³-hybridized carbons (Fsp3) is 0.368. The van der Waals surface area contributed by atoms with Crippen LogP contribution in [0, 0.1) is 17.0 Å². The number of aryl methyl sites for hydroxylation is 1. The summed E-state index contributed by atoms with van der Waals surface area (Å²) in [5, 5.41) is 11.1. The summed E-state index contributed by atoms with van der Waals surface area (Å²) in [6, 6.07) is 14.3. The van der Waals surface area contributed by atoms with Crippen molar-refractivity contribution in [1.82, 2.24) is 9.21 Å². The lowest BCUT2D eigenvalue weighted by atomic mass is 10.1. The highest BCUT2D eigenvalue weighted by atomic mass is 32.2. The molecule has 0 unspecified atom stereocenters. The van der Waals surface area contributed by atoms with E-state index in [2.05, 4.69) is 17.0 Å². The molecule has 0 radical (unpaired) electrons. The van der Waals surface area contributed by atoms with Crippen molar-refractivity contribution in [2.75, 3.05) is 32.7 Å². The molecule has 2 aromatic carbocycles. The number of sulfonamides is 1. The van der Waals surface area contributed by atoms with Gasteiger partial charge in [-0.05, 0) is 25.0 Å². The van der Waals surface area contributed by atoms with E-state index in [1.54, 1.807) is 6.92 Å². The molecule has 7 nitrogen and oxygen atoms in total. The van der Waals surface area contributed by atoms with Gasteiger partial charge in [0.05, 0.1) is 9.82 Å². The summed E-state index contributed by atoms with van der Waals surface area (Å²) in [6.45, 7) is 4.56. The van der Waals surface area contributed by atoms with Crippen molar-refractivity contribution in [3.63, 3.8) is 0 Å². The highest BCUT2D eigenvalue weighted by Crippen LogP contribution is 2.25. The molecular weight excluding hydrogens is 366 g/mol. The van der Waals surface area contributed by atoms with Gasteiger partial charge in [0.1, 0.15) is 0 Å². The number of nitro groups is 1. The zero-order valence-electron chi connectivity index (χ0n) is 15.2. The van der Waals surface area contributed by atoms with Gasteiger partial charge in [-0.1, -0.05) is 36.4 Å². The van der Waals surface area contributed by atoms with Crippen molar-refractivity contribution in [1.29, 1.82) is 0 Å². The first-order chi connectivity index (χ1) is 12.9. The van der Waals surface area contributed by atoms with Crippen molar-refractivity contribution in [2.45, 2.75) is 18.2 Å². The minimum absolute atomic E-state index is 0.0162. The normalized spacial score (nSPS) is 16.3. The lowest BCUT2D eigenvalue weighted by molar-refractivity contribution is -0.385. The Kier molecular flexibility index (Phi) is 5.88. The van der Waals surface area contributed by atoms with Crippen LogP contribution in [-0.2, 0) is 16.4 Å². The van der Waals surface area contributed by atoms with Crippen LogP contribution in [0.3, 0.4) is 0 Å². The number of rotatable bonds is 6. The van der Waals surface area contributed by atoms with E-state index < -0.39 is 14.9 Å². The number of nitrogens with zero attached hydrogens (tertiary/aromatic N) is 3. The number of hydrogen-bond acceptors (Lipinski definition) is 5. The highest BCUT2D eigenvalue weighted by molar-refractivity contribution is 7.89. The maximum atomic E-state index is 12.8. The van der Waals surface area contributed by atoms with Crippen molar-refractivity contribution in [2.24, 2.45) is 0 Å². The molecule has 1 aliphatic rings. The molecule has 0 bridgehead atoms. The van der Waals surface area contributed by atoms with E-state index >= 15 is 0 Å². The van der Waals surface area contributed by atoms with Gasteiger partial charge in [0.25, 0.3) is 5.69 Å². The molecule has 1 aliphatic heterocycles. The third-order valence-corrected chi connectivity index (χ3v) is 6.80. The largest absolute Gasteiger partial charge is 0.300 e. The SMILES string of the molecule is Cc1ccc(S(=O)(=O)N2CCN(CCc3ccccc3)CC2)cc1[N+](=O)[O-]. The maximum absolute atomic E-state index is 12.8. The van der Waals surface area contributed by atoms with E-state index in [0.29, 0.717) is 31.7 Å². The lowest BCUT2D eigenvalue weighted by Crippen LogP contribution is -2.49. The summed E-state index contributed by atoms with van der Waals surface area (Å²) in [5.74, 6) is 0. The number of nitro benzene ring substituents is 1. The smallest absolute Gasteiger partial charge is 0.273 e. The molecule has 1 fully saturated rings. The van der Waals surface area contributed by atoms with Gasteiger partial charge in [-0.15, -0.1) is 0 Å². The first-order valence-corrected chi connectivity index (χ1v) is 10.3. The Morgan fingerprint density at radius 3 is 2.33 bits per heavy atom. The van der Waals surface area contributed by atoms with E-state index in [4.69, 9.17) is 0 Å². The molecule has 2 aromatic rings. The summed E-state index contributed by atoms with van der Waals surface area (Å²) in [4.78, 5) is 12.8. The standard InChI is InChI=1S/C19H23N3O4S/c1-16-7-8-18(15-19(16)22(23)24)27(25,26)21-13-11-20(12-14-21)10-9-17-5-3-2-4-6-17/h2-8,15H,9-14H2,1H3. The topological polar surface area (TPSA) is 83.8 Å². The van der Waals surface area contributed by atoms with Gasteiger partial charge in [-0.25, -0.2) is 8.42 Å². The Hall–Kier alpha value is -2.29. The fourth-order valence-corrected chi connectivity index (χ4v) is 4.66. The van der Waals surface area contributed by atoms with Crippen molar-refractivity contribution in [3.8, 4) is 0 Å². The van der Waals surface area contributed by atoms with Gasteiger partial charge in [-0.2, -0.15) is 4.31 Å². The van der Waals surface area contributed by atoms with Crippen LogP contribution in [0.5, 0.6) is 0 Å². The second-order valence-electron chi connectivity index (χ2n) is 6.69. The third-order valence-electron chi connectivity index (χ3n) is 4.91. The van der Waals surface area contributed by atoms with E-state index in [1.165, 1.54) is 22.0 Å². The average molecular weight is 389 g/mol. The van der Waals surface area contributed by atoms with Crippen LogP contribution in [0.25, 0.3) is 0 Å². The molecular formula is C19H23N3O4S. The van der Waals surface area contributed by atoms with Crippen LogP contribution in [0.1, 0.15) is 11.1 Å². The lowest BCUT2D eigenvalue weighted by Gasteiger charge is -2.34. The van der Waals surface area contributed by atoms with Gasteiger partial charge in [0.2, 0.25) is 10.0 Å². The Morgan fingerprint density at radius 1 is 1.04 bits per heavy atom. The number of hydrogen-bond donors (Lipinski definition) is 0. The fourth-order valence-electron chi connectivity index (χ4n) is 3.22. The van der Waals surface area contributed by atoms with Gasteiger partial charge in [0, 0.05) is 44.4 Å². The van der Waals surface area contributed by atoms with Crippen molar-refractivity contribution >= 4 is 15.7 Å².